The molecule has 0 amide bonds. The molecular weight excluding hydrogens is 544 g/mol. The summed E-state index contributed by atoms with van der Waals surface area (Å²) >= 11 is 4.40. The molecule has 0 saturated carbocycles. The average Bonchev–Trinajstić information content (AvgIpc) is 2.94. The molecule has 0 aliphatic rings. The number of hydrogen-bond donors (Lipinski definition) is 0. The second kappa shape index (κ2) is 12.9. The van der Waals surface area contributed by atoms with Gasteiger partial charge in [0.15, 0.2) is 17.5 Å². The Morgan fingerprint density at radius 2 is 1.25 bits per heavy atom. The van der Waals surface area contributed by atoms with Gasteiger partial charge in [-0.05, 0) is 83.6 Å². The van der Waals surface area contributed by atoms with E-state index in [0.29, 0.717) is 30.4 Å². The van der Waals surface area contributed by atoms with Crippen molar-refractivity contribution in [3.63, 3.8) is 0 Å². The molecule has 0 heterocycles. The number of aliphatic imine (C=N–C) groups is 1. The van der Waals surface area contributed by atoms with Crippen molar-refractivity contribution >= 4 is 28.9 Å². The smallest absolute Gasteiger partial charge is 0.161 e. The van der Waals surface area contributed by atoms with Gasteiger partial charge in [-0.2, -0.15) is 4.99 Å². The van der Waals surface area contributed by atoms with Crippen LogP contribution in [0.3, 0.4) is 0 Å². The van der Waals surface area contributed by atoms with Crippen molar-refractivity contribution < 1.29 is 26.3 Å². The van der Waals surface area contributed by atoms with Crippen molar-refractivity contribution in [2.24, 2.45) is 4.99 Å². The number of allylic oxidation sites excluding steroid dienone is 1. The van der Waals surface area contributed by atoms with Gasteiger partial charge in [0.25, 0.3) is 0 Å². The number of isothiocyanates is 1. The molecular formula is C32H23F6NS. The number of benzene rings is 4. The van der Waals surface area contributed by atoms with E-state index in [1.165, 1.54) is 48.5 Å². The molecule has 0 atom stereocenters. The molecule has 0 aliphatic carbocycles. The Morgan fingerprint density at radius 1 is 0.700 bits per heavy atom. The minimum atomic E-state index is -0.912. The van der Waals surface area contributed by atoms with E-state index in [-0.39, 0.29) is 28.7 Å². The van der Waals surface area contributed by atoms with Gasteiger partial charge in [-0.3, -0.25) is 0 Å². The quantitative estimate of drug-likeness (QED) is 0.111. The van der Waals surface area contributed by atoms with Gasteiger partial charge >= 0.3 is 0 Å². The van der Waals surface area contributed by atoms with Crippen LogP contribution >= 0.6 is 12.2 Å². The number of rotatable bonds is 9. The van der Waals surface area contributed by atoms with E-state index in [2.05, 4.69) is 17.2 Å². The van der Waals surface area contributed by atoms with Crippen LogP contribution in [-0.2, 0) is 12.8 Å². The Hall–Kier alpha value is -4.00. The van der Waals surface area contributed by atoms with E-state index in [1.54, 1.807) is 19.1 Å². The fourth-order valence-electron chi connectivity index (χ4n) is 4.35. The topological polar surface area (TPSA) is 12.4 Å². The maximum absolute atomic E-state index is 15.0. The number of thiocarbonyl (C=S) groups is 1. The zero-order valence-corrected chi connectivity index (χ0v) is 22.2. The van der Waals surface area contributed by atoms with E-state index in [0.717, 1.165) is 17.7 Å². The van der Waals surface area contributed by atoms with Crippen molar-refractivity contribution in [1.82, 2.24) is 0 Å². The van der Waals surface area contributed by atoms with Crippen LogP contribution in [0.5, 0.6) is 0 Å². The molecule has 0 spiro atoms. The molecule has 0 aliphatic heterocycles. The largest absolute Gasteiger partial charge is 0.209 e. The summed E-state index contributed by atoms with van der Waals surface area (Å²) in [5.41, 5.74) is 1.54. The zero-order valence-electron chi connectivity index (χ0n) is 21.4. The Kier molecular flexibility index (Phi) is 9.35. The summed E-state index contributed by atoms with van der Waals surface area (Å²) in [4.78, 5) is 3.38. The van der Waals surface area contributed by atoms with E-state index >= 15 is 8.78 Å². The molecule has 1 nitrogen and oxygen atoms in total. The Morgan fingerprint density at radius 3 is 1.80 bits per heavy atom. The number of aryl methyl sites for hydroxylation is 2. The molecule has 4 rings (SSSR count). The first-order chi connectivity index (χ1) is 19.2. The molecule has 0 N–H and O–H groups in total. The predicted octanol–water partition coefficient (Wildman–Crippen LogP) is 10.5. The minimum absolute atomic E-state index is 0.0315. The van der Waals surface area contributed by atoms with Crippen molar-refractivity contribution in [1.29, 1.82) is 0 Å². The zero-order chi connectivity index (χ0) is 28.8. The Balaban J connectivity index is 1.49. The maximum atomic E-state index is 15.0. The maximum Gasteiger partial charge on any atom is 0.161 e. The van der Waals surface area contributed by atoms with Crippen LogP contribution in [0.4, 0.5) is 32.0 Å². The van der Waals surface area contributed by atoms with Crippen LogP contribution in [-0.4, -0.2) is 5.16 Å². The van der Waals surface area contributed by atoms with Crippen molar-refractivity contribution in [2.45, 2.75) is 32.6 Å². The Labute approximate surface area is 233 Å². The fraction of sp³-hybridized carbons (Fsp3) is 0.156. The van der Waals surface area contributed by atoms with Gasteiger partial charge in [-0.15, -0.1) is 0 Å². The Bertz CT molecular complexity index is 1560. The van der Waals surface area contributed by atoms with Crippen LogP contribution < -0.4 is 0 Å². The molecule has 0 bridgehead atoms. The fourth-order valence-corrected chi connectivity index (χ4v) is 4.44. The number of halogens is 6. The molecule has 4 aromatic rings. The molecule has 204 valence electrons. The number of nitrogens with zero attached hydrogens (tertiary/aromatic N) is 1. The summed E-state index contributed by atoms with van der Waals surface area (Å²) in [6.07, 6.45) is 1.30. The van der Waals surface area contributed by atoms with E-state index in [4.69, 9.17) is 0 Å². The lowest BCUT2D eigenvalue weighted by Gasteiger charge is -2.11. The van der Waals surface area contributed by atoms with Crippen LogP contribution in [0.15, 0.2) is 83.6 Å². The highest BCUT2D eigenvalue weighted by Gasteiger charge is 2.16. The standard InChI is InChI=1S/C32H23F6NS/c1-2-3-25(33)31(38)23-8-6-19(7-9-23)4-5-20-14-26(34)30(27(35)15-20)22-12-10-21(11-13-22)24-16-28(36)32(39-18-40)29(37)17-24/h6-17H,2-5H2,1H3. The average molecular weight is 568 g/mol. The van der Waals surface area contributed by atoms with Crippen LogP contribution in [0, 0.1) is 23.3 Å². The molecule has 40 heavy (non-hydrogen) atoms. The van der Waals surface area contributed by atoms with Gasteiger partial charge in [-0.25, -0.2) is 26.3 Å². The highest BCUT2D eigenvalue weighted by molar-refractivity contribution is 7.78. The van der Waals surface area contributed by atoms with Crippen molar-refractivity contribution in [2.75, 3.05) is 0 Å². The van der Waals surface area contributed by atoms with Crippen LogP contribution in [0.2, 0.25) is 0 Å². The first-order valence-electron chi connectivity index (χ1n) is 12.5. The molecule has 0 radical (unpaired) electrons. The summed E-state index contributed by atoms with van der Waals surface area (Å²) in [6, 6.07) is 16.9. The van der Waals surface area contributed by atoms with Crippen molar-refractivity contribution in [3.05, 3.63) is 119 Å². The van der Waals surface area contributed by atoms with Crippen LogP contribution in [0.25, 0.3) is 28.1 Å². The third kappa shape index (κ3) is 6.58. The summed E-state index contributed by atoms with van der Waals surface area (Å²) < 4.78 is 86.3. The lowest BCUT2D eigenvalue weighted by molar-refractivity contribution is 0.559. The first-order valence-corrected chi connectivity index (χ1v) is 12.9. The second-order valence-electron chi connectivity index (χ2n) is 9.17. The lowest BCUT2D eigenvalue weighted by atomic mass is 9.96. The molecule has 0 unspecified atom stereocenters. The molecule has 4 aromatic carbocycles. The van der Waals surface area contributed by atoms with Gasteiger partial charge in [0.2, 0.25) is 0 Å². The van der Waals surface area contributed by atoms with E-state index < -0.39 is 40.6 Å². The molecule has 8 heteroatoms. The summed E-state index contributed by atoms with van der Waals surface area (Å²) in [7, 11) is 0. The second-order valence-corrected chi connectivity index (χ2v) is 9.35. The number of hydrogen-bond acceptors (Lipinski definition) is 2. The highest BCUT2D eigenvalue weighted by Crippen LogP contribution is 2.33. The summed E-state index contributed by atoms with van der Waals surface area (Å²) in [5.74, 6) is -5.00. The monoisotopic (exact) mass is 567 g/mol. The minimum Gasteiger partial charge on any atom is -0.209 e. The predicted molar refractivity (Wildman–Crippen MR) is 150 cm³/mol. The summed E-state index contributed by atoms with van der Waals surface area (Å²) in [6.45, 7) is 1.76. The van der Waals surface area contributed by atoms with Gasteiger partial charge < -0.3 is 0 Å². The third-order valence-corrected chi connectivity index (χ3v) is 6.49. The van der Waals surface area contributed by atoms with Crippen LogP contribution in [0.1, 0.15) is 36.5 Å². The normalized spacial score (nSPS) is 11.7. The van der Waals surface area contributed by atoms with E-state index in [1.807, 2.05) is 5.16 Å². The third-order valence-electron chi connectivity index (χ3n) is 6.40. The van der Waals surface area contributed by atoms with Gasteiger partial charge in [0, 0.05) is 12.0 Å². The highest BCUT2D eigenvalue weighted by atomic mass is 32.1. The van der Waals surface area contributed by atoms with Gasteiger partial charge in [-0.1, -0.05) is 55.5 Å². The lowest BCUT2D eigenvalue weighted by Crippen LogP contribution is -1.97. The van der Waals surface area contributed by atoms with E-state index in [9.17, 15) is 17.6 Å². The molecule has 0 saturated heterocycles. The first kappa shape index (κ1) is 29.0. The van der Waals surface area contributed by atoms with Gasteiger partial charge in [0.05, 0.1) is 10.7 Å². The summed E-state index contributed by atoms with van der Waals surface area (Å²) in [5, 5.41) is 1.93. The van der Waals surface area contributed by atoms with Gasteiger partial charge in [0.1, 0.15) is 23.1 Å². The van der Waals surface area contributed by atoms with Crippen molar-refractivity contribution in [3.8, 4) is 22.3 Å². The molecule has 0 aromatic heterocycles. The molecule has 0 fully saturated rings. The SMILES string of the molecule is CCCC(F)=C(F)c1ccc(CCc2cc(F)c(-c3ccc(-c4cc(F)c(N=C=S)c(F)c4)cc3)c(F)c2)cc1.